The molecule has 14 nitrogen and oxygen atoms in total. The number of carbonyl (C=O) groups is 1. The summed E-state index contributed by atoms with van der Waals surface area (Å²) in [5, 5.41) is 49.1. The molecule has 14 heteroatoms. The van der Waals surface area contributed by atoms with Gasteiger partial charge in [0.15, 0.2) is 29.0 Å². The van der Waals surface area contributed by atoms with Gasteiger partial charge in [0.1, 0.15) is 29.6 Å². The van der Waals surface area contributed by atoms with E-state index in [-0.39, 0.29) is 28.8 Å². The Morgan fingerprint density at radius 2 is 2.16 bits per heavy atom. The molecule has 2 fully saturated rings. The number of hydrogen-bond donors (Lipinski definition) is 6. The fraction of sp³-hybridized carbons (Fsp3) is 0.500. The number of nitrogens with zero attached hydrogens (tertiary/aromatic N) is 5. The Morgan fingerprint density at radius 1 is 1.31 bits per heavy atom. The van der Waals surface area contributed by atoms with E-state index < -0.39 is 37.1 Å². The van der Waals surface area contributed by atoms with Gasteiger partial charge in [0, 0.05) is 6.61 Å². The van der Waals surface area contributed by atoms with Gasteiger partial charge in [-0.1, -0.05) is 0 Å². The molecule has 3 aromatic rings. The molecule has 0 amide bonds. The molecular formula is C18H21N7O7. The summed E-state index contributed by atoms with van der Waals surface area (Å²) in [6.07, 6.45) is -1.41. The maximum atomic E-state index is 11.6. The van der Waals surface area contributed by atoms with Crippen LogP contribution in [0.25, 0.3) is 22.7 Å². The number of anilines is 1. The molecule has 6 N–H and O–H groups in total. The molecule has 0 spiro atoms. The molecule has 5 rings (SSSR count). The van der Waals surface area contributed by atoms with Crippen LogP contribution in [0.4, 0.5) is 5.82 Å². The fourth-order valence-corrected chi connectivity index (χ4v) is 3.89. The zero-order valence-electron chi connectivity index (χ0n) is 16.6. The standard InChI is InChI=1S/C18H21N7O7/c26-4-9-12(27)13(28)17(32-9)25-6-19-11-15(21-7-1-2-31-5-7)22-14(23-16(11)25)10-8(18(29)30)3-20-24-10/h3,6-7,9,12-13,17,26-28H,1-2,4-5H2,(H,20,24)(H,29,30)(H,21,22,23)/t7-,9-,12-,13-,17-/m1/s1. The van der Waals surface area contributed by atoms with Crippen molar-refractivity contribution in [1.82, 2.24) is 29.7 Å². The molecule has 0 aliphatic carbocycles. The van der Waals surface area contributed by atoms with E-state index in [4.69, 9.17) is 9.47 Å². The van der Waals surface area contributed by atoms with Crippen molar-refractivity contribution in [2.24, 2.45) is 0 Å². The minimum Gasteiger partial charge on any atom is -0.478 e. The van der Waals surface area contributed by atoms with E-state index in [9.17, 15) is 25.2 Å². The number of carboxylic acid groups (broad SMARTS) is 1. The first-order chi connectivity index (χ1) is 15.5. The number of H-pyrrole nitrogens is 1. The first-order valence-corrected chi connectivity index (χ1v) is 9.96. The van der Waals surface area contributed by atoms with Crippen LogP contribution in [0.15, 0.2) is 12.5 Å². The van der Waals surface area contributed by atoms with Gasteiger partial charge >= 0.3 is 5.97 Å². The van der Waals surface area contributed by atoms with Crippen molar-refractivity contribution in [1.29, 1.82) is 0 Å². The van der Waals surface area contributed by atoms with Gasteiger partial charge in [0.05, 0.1) is 31.8 Å². The quantitative estimate of drug-likeness (QED) is 0.262. The molecule has 32 heavy (non-hydrogen) atoms. The molecule has 0 saturated carbocycles. The van der Waals surface area contributed by atoms with Crippen molar-refractivity contribution in [2.75, 3.05) is 25.1 Å². The van der Waals surface area contributed by atoms with Crippen LogP contribution in [-0.2, 0) is 9.47 Å². The maximum Gasteiger partial charge on any atom is 0.339 e. The van der Waals surface area contributed by atoms with E-state index >= 15 is 0 Å². The summed E-state index contributed by atoms with van der Waals surface area (Å²) in [5.41, 5.74) is 0.574. The van der Waals surface area contributed by atoms with Crippen molar-refractivity contribution >= 4 is 23.0 Å². The lowest BCUT2D eigenvalue weighted by molar-refractivity contribution is -0.0511. The van der Waals surface area contributed by atoms with Crippen LogP contribution in [0.3, 0.4) is 0 Å². The second-order valence-corrected chi connectivity index (χ2v) is 7.62. The SMILES string of the molecule is O=C(O)c1cn[nH]c1-c1nc(N[C@@H]2CCOC2)c2ncn([C@@H]3O[C@H](CO)[C@@H](O)[C@H]3O)c2n1. The number of nitrogens with one attached hydrogen (secondary N) is 2. The van der Waals surface area contributed by atoms with Crippen molar-refractivity contribution in [2.45, 2.75) is 37.0 Å². The molecular weight excluding hydrogens is 426 g/mol. The van der Waals surface area contributed by atoms with Gasteiger partial charge in [-0.25, -0.2) is 19.7 Å². The molecule has 0 aromatic carbocycles. The number of rotatable bonds is 6. The first-order valence-electron chi connectivity index (χ1n) is 9.96. The Balaban J connectivity index is 1.64. The van der Waals surface area contributed by atoms with Gasteiger partial charge in [-0.05, 0) is 6.42 Å². The predicted octanol–water partition coefficient (Wildman–Crippen LogP) is -1.27. The third-order valence-electron chi connectivity index (χ3n) is 5.58. The minimum absolute atomic E-state index is 0.0271. The molecule has 2 aliphatic rings. The average molecular weight is 447 g/mol. The number of aliphatic hydroxyl groups is 3. The molecule has 5 atom stereocenters. The van der Waals surface area contributed by atoms with Crippen LogP contribution in [0.5, 0.6) is 0 Å². The third-order valence-corrected chi connectivity index (χ3v) is 5.58. The van der Waals surface area contributed by atoms with Crippen LogP contribution < -0.4 is 5.32 Å². The molecule has 170 valence electrons. The van der Waals surface area contributed by atoms with Gasteiger partial charge in [0.2, 0.25) is 0 Å². The Bertz CT molecular complexity index is 1140. The summed E-state index contributed by atoms with van der Waals surface area (Å²) in [6, 6.07) is -0.0271. The average Bonchev–Trinajstić information content (AvgIpc) is 3.56. The summed E-state index contributed by atoms with van der Waals surface area (Å²) in [4.78, 5) is 24.9. The van der Waals surface area contributed by atoms with Crippen LogP contribution in [0, 0.1) is 0 Å². The highest BCUT2D eigenvalue weighted by Crippen LogP contribution is 2.33. The number of fused-ring (bicyclic) bond motifs is 1. The number of ether oxygens (including phenoxy) is 2. The summed E-state index contributed by atoms with van der Waals surface area (Å²) >= 11 is 0. The number of aromatic nitrogens is 6. The highest BCUT2D eigenvalue weighted by Gasteiger charge is 2.44. The lowest BCUT2D eigenvalue weighted by Crippen LogP contribution is -2.33. The monoisotopic (exact) mass is 447 g/mol. The highest BCUT2D eigenvalue weighted by atomic mass is 16.6. The largest absolute Gasteiger partial charge is 0.478 e. The lowest BCUT2D eigenvalue weighted by atomic mass is 10.1. The van der Waals surface area contributed by atoms with Crippen molar-refractivity contribution < 1.29 is 34.7 Å². The minimum atomic E-state index is -1.34. The Kier molecular flexibility index (Phi) is 5.22. The predicted molar refractivity (Wildman–Crippen MR) is 106 cm³/mol. The van der Waals surface area contributed by atoms with E-state index in [1.807, 2.05) is 0 Å². The number of hydrogen-bond acceptors (Lipinski definition) is 11. The molecule has 3 aromatic heterocycles. The summed E-state index contributed by atoms with van der Waals surface area (Å²) < 4.78 is 12.4. The lowest BCUT2D eigenvalue weighted by Gasteiger charge is -2.17. The van der Waals surface area contributed by atoms with Gasteiger partial charge in [-0.3, -0.25) is 9.67 Å². The van der Waals surface area contributed by atoms with Gasteiger partial charge < -0.3 is 35.2 Å². The van der Waals surface area contributed by atoms with Gasteiger partial charge in [0.25, 0.3) is 0 Å². The molecule has 0 bridgehead atoms. The molecule has 5 heterocycles. The second-order valence-electron chi connectivity index (χ2n) is 7.62. The Labute approximate surface area is 179 Å². The van der Waals surface area contributed by atoms with E-state index in [0.29, 0.717) is 24.5 Å². The highest BCUT2D eigenvalue weighted by molar-refractivity contribution is 5.94. The molecule has 2 aliphatic heterocycles. The second kappa shape index (κ2) is 8.07. The van der Waals surface area contributed by atoms with E-state index in [0.717, 1.165) is 12.6 Å². The summed E-state index contributed by atoms with van der Waals surface area (Å²) in [5.74, 6) is -0.813. The van der Waals surface area contributed by atoms with Crippen molar-refractivity contribution in [3.63, 3.8) is 0 Å². The zero-order valence-corrected chi connectivity index (χ0v) is 16.6. The number of carboxylic acids is 1. The molecule has 0 unspecified atom stereocenters. The summed E-state index contributed by atoms with van der Waals surface area (Å²) in [7, 11) is 0. The van der Waals surface area contributed by atoms with Crippen LogP contribution in [0.1, 0.15) is 23.0 Å². The maximum absolute atomic E-state index is 11.6. The van der Waals surface area contributed by atoms with E-state index in [2.05, 4.69) is 30.5 Å². The van der Waals surface area contributed by atoms with Gasteiger partial charge in [-0.15, -0.1) is 0 Å². The number of aliphatic hydroxyl groups excluding tert-OH is 3. The Morgan fingerprint density at radius 3 is 2.84 bits per heavy atom. The number of imidazole rings is 1. The number of aromatic amines is 1. The van der Waals surface area contributed by atoms with E-state index in [1.165, 1.54) is 10.9 Å². The third kappa shape index (κ3) is 3.37. The fourth-order valence-electron chi connectivity index (χ4n) is 3.89. The molecule has 0 radical (unpaired) electrons. The number of aromatic carboxylic acids is 1. The Hall–Kier alpha value is -3.17. The van der Waals surface area contributed by atoms with Gasteiger partial charge in [-0.2, -0.15) is 5.10 Å². The zero-order chi connectivity index (χ0) is 22.4. The van der Waals surface area contributed by atoms with Crippen LogP contribution in [0.2, 0.25) is 0 Å². The van der Waals surface area contributed by atoms with Crippen molar-refractivity contribution in [3.05, 3.63) is 18.1 Å². The van der Waals surface area contributed by atoms with Crippen molar-refractivity contribution in [3.8, 4) is 11.5 Å². The normalized spacial score (nSPS) is 27.9. The topological polar surface area (TPSA) is 201 Å². The molecule has 2 saturated heterocycles. The van der Waals surface area contributed by atoms with Crippen LogP contribution >= 0.6 is 0 Å². The smallest absolute Gasteiger partial charge is 0.339 e. The summed E-state index contributed by atoms with van der Waals surface area (Å²) in [6.45, 7) is 0.590. The van der Waals surface area contributed by atoms with Crippen LogP contribution in [-0.4, -0.2) is 100 Å². The van der Waals surface area contributed by atoms with E-state index in [1.54, 1.807) is 0 Å². The first kappa shape index (κ1) is 20.7.